The number of carbonyl (C=O) groups is 2. The Labute approximate surface area is 159 Å². The number of hydrogen-bond donors (Lipinski definition) is 5. The molecular weight excluding hydrogens is 348 g/mol. The van der Waals surface area contributed by atoms with Gasteiger partial charge in [-0.2, -0.15) is 0 Å². The molecule has 27 heavy (non-hydrogen) atoms. The van der Waals surface area contributed by atoms with E-state index in [1.807, 2.05) is 43.5 Å². The van der Waals surface area contributed by atoms with E-state index in [-0.39, 0.29) is 6.04 Å². The first-order chi connectivity index (χ1) is 12.9. The van der Waals surface area contributed by atoms with Gasteiger partial charge in [-0.3, -0.25) is 9.59 Å². The summed E-state index contributed by atoms with van der Waals surface area (Å²) in [6, 6.07) is 7.06. The number of aliphatic hydroxyl groups excluding tert-OH is 2. The average molecular weight is 376 g/mol. The molecule has 1 unspecified atom stereocenters. The van der Waals surface area contributed by atoms with Crippen molar-refractivity contribution in [1.29, 1.82) is 0 Å². The Morgan fingerprint density at radius 2 is 1.78 bits per heavy atom. The van der Waals surface area contributed by atoms with Crippen LogP contribution in [0.25, 0.3) is 0 Å². The summed E-state index contributed by atoms with van der Waals surface area (Å²) in [7, 11) is 0. The number of nitrogens with one attached hydrogen (secondary N) is 3. The Kier molecular flexibility index (Phi) is 7.78. The second-order valence-corrected chi connectivity index (χ2v) is 6.46. The number of aliphatic hydroxyl groups is 2. The van der Waals surface area contributed by atoms with Gasteiger partial charge in [0.25, 0.3) is 11.8 Å². The van der Waals surface area contributed by atoms with Gasteiger partial charge in [0.15, 0.2) is 12.2 Å². The Morgan fingerprint density at radius 3 is 2.37 bits per heavy atom. The number of carbonyl (C=O) groups excluding carboxylic acids is 2. The predicted octanol–water partition coefficient (Wildman–Crippen LogP) is -0.0371. The molecule has 1 aliphatic heterocycles. The van der Waals surface area contributed by atoms with Gasteiger partial charge in [-0.15, -0.1) is 0 Å². The zero-order valence-electron chi connectivity index (χ0n) is 15.7. The van der Waals surface area contributed by atoms with Gasteiger partial charge in [-0.1, -0.05) is 18.2 Å². The number of nitrogens with zero attached hydrogens (tertiary/aromatic N) is 1. The largest absolute Gasteiger partial charge is 0.380 e. The van der Waals surface area contributed by atoms with Crippen LogP contribution in [0, 0.1) is 0 Å². The van der Waals surface area contributed by atoms with E-state index < -0.39 is 24.0 Å². The molecule has 148 valence electrons. The molecule has 8 nitrogen and oxygen atoms in total. The fourth-order valence-electron chi connectivity index (χ4n) is 2.78. The number of allylic oxidation sites excluding steroid dienone is 1. The highest BCUT2D eigenvalue weighted by atomic mass is 16.3. The smallest absolute Gasteiger partial charge is 0.254 e. The van der Waals surface area contributed by atoms with Gasteiger partial charge in [0.2, 0.25) is 0 Å². The highest BCUT2D eigenvalue weighted by molar-refractivity contribution is 5.90. The molecule has 8 heteroatoms. The van der Waals surface area contributed by atoms with Crippen LogP contribution in [-0.2, 0) is 9.59 Å². The SMILES string of the molecule is C/C=C\Nc1ccc([C@@H](C)NC(=O)[C@H](O)C(O)C(=O)N2CCNCC2)cc1. The molecule has 1 saturated heterocycles. The van der Waals surface area contributed by atoms with Crippen LogP contribution >= 0.6 is 0 Å². The molecule has 1 aromatic carbocycles. The Hall–Kier alpha value is -2.42. The highest BCUT2D eigenvalue weighted by Gasteiger charge is 2.34. The molecule has 1 aliphatic rings. The van der Waals surface area contributed by atoms with Gasteiger partial charge >= 0.3 is 0 Å². The van der Waals surface area contributed by atoms with Crippen LogP contribution in [0.4, 0.5) is 5.69 Å². The number of piperazine rings is 1. The summed E-state index contributed by atoms with van der Waals surface area (Å²) in [5.41, 5.74) is 1.75. The Morgan fingerprint density at radius 1 is 1.15 bits per heavy atom. The molecule has 5 N–H and O–H groups in total. The highest BCUT2D eigenvalue weighted by Crippen LogP contribution is 2.16. The normalized spacial score (nSPS) is 18.0. The first-order valence-corrected chi connectivity index (χ1v) is 9.07. The summed E-state index contributed by atoms with van der Waals surface area (Å²) in [5, 5.41) is 29.0. The first-order valence-electron chi connectivity index (χ1n) is 9.07. The molecule has 0 spiro atoms. The zero-order valence-corrected chi connectivity index (χ0v) is 15.7. The van der Waals surface area contributed by atoms with Gasteiger partial charge in [0.05, 0.1) is 6.04 Å². The second kappa shape index (κ2) is 10.1. The lowest BCUT2D eigenvalue weighted by atomic mass is 10.1. The van der Waals surface area contributed by atoms with Crippen molar-refractivity contribution < 1.29 is 19.8 Å². The lowest BCUT2D eigenvalue weighted by Crippen LogP contribution is -2.55. The van der Waals surface area contributed by atoms with Gasteiger partial charge in [-0.05, 0) is 37.7 Å². The lowest BCUT2D eigenvalue weighted by molar-refractivity contribution is -0.153. The van der Waals surface area contributed by atoms with Crippen molar-refractivity contribution in [3.63, 3.8) is 0 Å². The minimum absolute atomic E-state index is 0.385. The molecule has 0 aliphatic carbocycles. The maximum Gasteiger partial charge on any atom is 0.254 e. The fourth-order valence-corrected chi connectivity index (χ4v) is 2.78. The van der Waals surface area contributed by atoms with E-state index in [1.54, 1.807) is 6.92 Å². The molecule has 1 fully saturated rings. The van der Waals surface area contributed by atoms with E-state index in [2.05, 4.69) is 16.0 Å². The van der Waals surface area contributed by atoms with E-state index >= 15 is 0 Å². The molecule has 3 atom stereocenters. The van der Waals surface area contributed by atoms with Gasteiger partial charge in [0, 0.05) is 31.9 Å². The molecule has 0 bridgehead atoms. The minimum Gasteiger partial charge on any atom is -0.380 e. The van der Waals surface area contributed by atoms with Crippen LogP contribution in [0.15, 0.2) is 36.5 Å². The third-order valence-corrected chi connectivity index (χ3v) is 4.44. The predicted molar refractivity (Wildman–Crippen MR) is 103 cm³/mol. The number of hydrogen-bond acceptors (Lipinski definition) is 6. The van der Waals surface area contributed by atoms with Crippen molar-refractivity contribution in [2.45, 2.75) is 32.1 Å². The Bertz CT molecular complexity index is 656. The van der Waals surface area contributed by atoms with E-state index in [4.69, 9.17) is 0 Å². The monoisotopic (exact) mass is 376 g/mol. The number of benzene rings is 1. The first kappa shape index (κ1) is 20.9. The summed E-state index contributed by atoms with van der Waals surface area (Å²) in [6.07, 6.45) is 0.103. The Balaban J connectivity index is 1.91. The van der Waals surface area contributed by atoms with E-state index in [9.17, 15) is 19.8 Å². The van der Waals surface area contributed by atoms with Crippen molar-refractivity contribution in [3.05, 3.63) is 42.1 Å². The molecular formula is C19H28N4O4. The second-order valence-electron chi connectivity index (χ2n) is 6.46. The van der Waals surface area contributed by atoms with Crippen molar-refractivity contribution in [3.8, 4) is 0 Å². The van der Waals surface area contributed by atoms with E-state index in [0.29, 0.717) is 26.2 Å². The molecule has 2 rings (SSSR count). The van der Waals surface area contributed by atoms with Crippen molar-refractivity contribution in [2.24, 2.45) is 0 Å². The third kappa shape index (κ3) is 5.78. The summed E-state index contributed by atoms with van der Waals surface area (Å²) in [6.45, 7) is 5.80. The van der Waals surface area contributed by atoms with Gasteiger partial charge in [-0.25, -0.2) is 0 Å². The van der Waals surface area contributed by atoms with E-state index in [1.165, 1.54) is 4.90 Å². The number of anilines is 1. The summed E-state index contributed by atoms with van der Waals surface area (Å²) < 4.78 is 0. The van der Waals surface area contributed by atoms with Crippen molar-refractivity contribution >= 4 is 17.5 Å². The molecule has 1 aromatic rings. The van der Waals surface area contributed by atoms with E-state index in [0.717, 1.165) is 11.3 Å². The minimum atomic E-state index is -1.81. The molecule has 1 heterocycles. The maximum atomic E-state index is 12.2. The third-order valence-electron chi connectivity index (χ3n) is 4.44. The van der Waals surface area contributed by atoms with Crippen LogP contribution < -0.4 is 16.0 Å². The quantitative estimate of drug-likeness (QED) is 0.456. The molecule has 0 saturated carbocycles. The van der Waals surface area contributed by atoms with Gasteiger partial charge < -0.3 is 31.1 Å². The lowest BCUT2D eigenvalue weighted by Gasteiger charge is -2.30. The molecule has 0 aromatic heterocycles. The van der Waals surface area contributed by atoms with Crippen LogP contribution in [0.3, 0.4) is 0 Å². The fraction of sp³-hybridized carbons (Fsp3) is 0.474. The topological polar surface area (TPSA) is 114 Å². The number of rotatable bonds is 7. The summed E-state index contributed by atoms with van der Waals surface area (Å²) in [4.78, 5) is 25.9. The summed E-state index contributed by atoms with van der Waals surface area (Å²) >= 11 is 0. The standard InChI is InChI=1S/C19H28N4O4/c1-3-8-21-15-6-4-14(5-7-15)13(2)22-18(26)16(24)17(25)19(27)23-11-9-20-10-12-23/h3-8,13,16-17,20-21,24-25H,9-12H2,1-2H3,(H,22,26)/b8-3-/t13-,16-,17?/m1/s1. The average Bonchev–Trinajstić information content (AvgIpc) is 2.71. The van der Waals surface area contributed by atoms with Crippen molar-refractivity contribution in [2.75, 3.05) is 31.5 Å². The molecule has 2 amide bonds. The number of amides is 2. The van der Waals surface area contributed by atoms with Crippen LogP contribution in [0.5, 0.6) is 0 Å². The maximum absolute atomic E-state index is 12.2. The van der Waals surface area contributed by atoms with Crippen molar-refractivity contribution in [1.82, 2.24) is 15.5 Å². The molecule has 0 radical (unpaired) electrons. The van der Waals surface area contributed by atoms with Crippen LogP contribution in [0.2, 0.25) is 0 Å². The van der Waals surface area contributed by atoms with Crippen LogP contribution in [0.1, 0.15) is 25.5 Å². The van der Waals surface area contributed by atoms with Gasteiger partial charge in [0.1, 0.15) is 0 Å². The zero-order chi connectivity index (χ0) is 19.8. The summed E-state index contributed by atoms with van der Waals surface area (Å²) in [5.74, 6) is -1.42. The van der Waals surface area contributed by atoms with Crippen LogP contribution in [-0.4, -0.2) is 65.3 Å².